The van der Waals surface area contributed by atoms with E-state index in [4.69, 9.17) is 5.73 Å². The summed E-state index contributed by atoms with van der Waals surface area (Å²) in [5.41, 5.74) is 7.79. The minimum absolute atomic E-state index is 0.171. The Bertz CT molecular complexity index is 386. The fourth-order valence-electron chi connectivity index (χ4n) is 2.26. The van der Waals surface area contributed by atoms with Crippen molar-refractivity contribution in [1.82, 2.24) is 4.90 Å². The molecule has 0 heterocycles. The molecule has 3 nitrogen and oxygen atoms in total. The molecular formula is C15H24N2O. The van der Waals surface area contributed by atoms with Crippen molar-refractivity contribution in [3.05, 3.63) is 35.4 Å². The monoisotopic (exact) mass is 248 g/mol. The number of nitrogens with zero attached hydrogens (tertiary/aromatic N) is 1. The predicted octanol–water partition coefficient (Wildman–Crippen LogP) is 2.33. The summed E-state index contributed by atoms with van der Waals surface area (Å²) >= 11 is 0. The average Bonchev–Trinajstić information content (AvgIpc) is 2.40. The Morgan fingerprint density at radius 3 is 2.28 bits per heavy atom. The van der Waals surface area contributed by atoms with Gasteiger partial charge in [-0.1, -0.05) is 38.1 Å². The van der Waals surface area contributed by atoms with Gasteiger partial charge in [-0.3, -0.25) is 4.79 Å². The van der Waals surface area contributed by atoms with E-state index in [9.17, 15) is 4.79 Å². The van der Waals surface area contributed by atoms with Crippen LogP contribution in [0.4, 0.5) is 0 Å². The lowest BCUT2D eigenvalue weighted by molar-refractivity contribution is -0.131. The van der Waals surface area contributed by atoms with Crippen LogP contribution in [0.25, 0.3) is 0 Å². The van der Waals surface area contributed by atoms with Gasteiger partial charge in [0.15, 0.2) is 0 Å². The van der Waals surface area contributed by atoms with E-state index in [1.165, 1.54) is 0 Å². The van der Waals surface area contributed by atoms with E-state index in [0.717, 1.165) is 24.0 Å². The Hall–Kier alpha value is -1.35. The van der Waals surface area contributed by atoms with Crippen molar-refractivity contribution >= 4 is 5.91 Å². The molecule has 3 heteroatoms. The van der Waals surface area contributed by atoms with Crippen LogP contribution in [0.3, 0.4) is 0 Å². The zero-order chi connectivity index (χ0) is 13.5. The molecule has 1 amide bonds. The lowest BCUT2D eigenvalue weighted by atomic mass is 10.0. The number of nitrogens with two attached hydrogens (primary N) is 1. The second-order valence-corrected chi connectivity index (χ2v) is 4.62. The number of carbonyl (C=O) groups excluding carboxylic acids is 1. The van der Waals surface area contributed by atoms with E-state index in [1.54, 1.807) is 0 Å². The molecule has 1 rings (SSSR count). The van der Waals surface area contributed by atoms with E-state index >= 15 is 0 Å². The third-order valence-corrected chi connectivity index (χ3v) is 3.56. The van der Waals surface area contributed by atoms with Gasteiger partial charge < -0.3 is 10.6 Å². The van der Waals surface area contributed by atoms with E-state index in [2.05, 4.69) is 13.8 Å². The number of hydrogen-bond acceptors (Lipinski definition) is 2. The molecule has 0 fully saturated rings. The first-order valence-corrected chi connectivity index (χ1v) is 6.66. The molecule has 0 radical (unpaired) electrons. The average molecular weight is 248 g/mol. The Kier molecular flexibility index (Phi) is 5.86. The molecule has 2 N–H and O–H groups in total. The minimum atomic E-state index is 0.171. The van der Waals surface area contributed by atoms with Gasteiger partial charge in [-0.25, -0.2) is 0 Å². The molecule has 0 saturated carbocycles. The maximum Gasteiger partial charge on any atom is 0.226 e. The van der Waals surface area contributed by atoms with Gasteiger partial charge in [0.1, 0.15) is 0 Å². The molecule has 0 saturated heterocycles. The fourth-order valence-corrected chi connectivity index (χ4v) is 2.26. The van der Waals surface area contributed by atoms with Crippen molar-refractivity contribution in [1.29, 1.82) is 0 Å². The van der Waals surface area contributed by atoms with Gasteiger partial charge in [-0.2, -0.15) is 0 Å². The second-order valence-electron chi connectivity index (χ2n) is 4.62. The van der Waals surface area contributed by atoms with Gasteiger partial charge in [0.05, 0.1) is 6.42 Å². The Labute approximate surface area is 110 Å². The molecule has 0 unspecified atom stereocenters. The van der Waals surface area contributed by atoms with Crippen molar-refractivity contribution in [3.63, 3.8) is 0 Å². The molecule has 0 aliphatic heterocycles. The van der Waals surface area contributed by atoms with Crippen molar-refractivity contribution in [2.75, 3.05) is 7.05 Å². The maximum absolute atomic E-state index is 12.2. The second kappa shape index (κ2) is 7.17. The van der Waals surface area contributed by atoms with Crippen LogP contribution in [0.15, 0.2) is 24.3 Å². The topological polar surface area (TPSA) is 46.3 Å². The number of benzene rings is 1. The quantitative estimate of drug-likeness (QED) is 0.840. The van der Waals surface area contributed by atoms with E-state index < -0.39 is 0 Å². The molecular weight excluding hydrogens is 224 g/mol. The van der Waals surface area contributed by atoms with Gasteiger partial charge in [-0.05, 0) is 24.0 Å². The van der Waals surface area contributed by atoms with Crippen LogP contribution in [0.2, 0.25) is 0 Å². The van der Waals surface area contributed by atoms with Crippen LogP contribution < -0.4 is 5.73 Å². The summed E-state index contributed by atoms with van der Waals surface area (Å²) < 4.78 is 0. The Morgan fingerprint density at radius 1 is 1.22 bits per heavy atom. The molecule has 0 atom stereocenters. The number of likely N-dealkylation sites (N-methyl/N-ethyl adjacent to an activating group) is 1. The maximum atomic E-state index is 12.2. The molecule has 0 bridgehead atoms. The summed E-state index contributed by atoms with van der Waals surface area (Å²) in [4.78, 5) is 14.1. The van der Waals surface area contributed by atoms with Gasteiger partial charge >= 0.3 is 0 Å². The van der Waals surface area contributed by atoms with Crippen LogP contribution in [0.1, 0.15) is 37.8 Å². The molecule has 0 aliphatic carbocycles. The lowest BCUT2D eigenvalue weighted by Crippen LogP contribution is -2.37. The molecule has 18 heavy (non-hydrogen) atoms. The predicted molar refractivity (Wildman–Crippen MR) is 75.2 cm³/mol. The standard InChI is InChI=1S/C15H24N2O/c1-4-14(5-2)17(3)15(18)10-12-8-6-7-9-13(12)11-16/h6-9,14H,4-5,10-11,16H2,1-3H3. The molecule has 1 aromatic carbocycles. The van der Waals surface area contributed by atoms with E-state index in [-0.39, 0.29) is 5.91 Å². The third kappa shape index (κ3) is 3.57. The van der Waals surface area contributed by atoms with Crippen molar-refractivity contribution in [3.8, 4) is 0 Å². The van der Waals surface area contributed by atoms with Crippen LogP contribution in [0, 0.1) is 0 Å². The highest BCUT2D eigenvalue weighted by Crippen LogP contribution is 2.13. The molecule has 100 valence electrons. The first kappa shape index (κ1) is 14.7. The number of carbonyl (C=O) groups is 1. The Balaban J connectivity index is 2.75. The SMILES string of the molecule is CCC(CC)N(C)C(=O)Cc1ccccc1CN. The minimum Gasteiger partial charge on any atom is -0.343 e. The van der Waals surface area contributed by atoms with Crippen molar-refractivity contribution < 1.29 is 4.79 Å². The van der Waals surface area contributed by atoms with Crippen molar-refractivity contribution in [2.45, 2.75) is 45.7 Å². The summed E-state index contributed by atoms with van der Waals surface area (Å²) in [7, 11) is 1.89. The first-order valence-electron chi connectivity index (χ1n) is 6.66. The number of rotatable bonds is 6. The molecule has 0 aromatic heterocycles. The summed E-state index contributed by atoms with van der Waals surface area (Å²) in [6, 6.07) is 8.22. The van der Waals surface area contributed by atoms with Gasteiger partial charge in [-0.15, -0.1) is 0 Å². The van der Waals surface area contributed by atoms with Gasteiger partial charge in [0.2, 0.25) is 5.91 Å². The Morgan fingerprint density at radius 2 is 1.78 bits per heavy atom. The van der Waals surface area contributed by atoms with E-state index in [0.29, 0.717) is 19.0 Å². The normalized spacial score (nSPS) is 10.7. The number of hydrogen-bond donors (Lipinski definition) is 1. The zero-order valence-electron chi connectivity index (χ0n) is 11.6. The van der Waals surface area contributed by atoms with Gasteiger partial charge in [0, 0.05) is 19.6 Å². The van der Waals surface area contributed by atoms with Crippen molar-refractivity contribution in [2.24, 2.45) is 5.73 Å². The molecule has 1 aromatic rings. The summed E-state index contributed by atoms with van der Waals surface area (Å²) in [6.07, 6.45) is 2.44. The van der Waals surface area contributed by atoms with Gasteiger partial charge in [0.25, 0.3) is 0 Å². The zero-order valence-corrected chi connectivity index (χ0v) is 11.6. The third-order valence-electron chi connectivity index (χ3n) is 3.56. The highest BCUT2D eigenvalue weighted by atomic mass is 16.2. The van der Waals surface area contributed by atoms with Crippen LogP contribution in [-0.2, 0) is 17.8 Å². The highest BCUT2D eigenvalue weighted by molar-refractivity contribution is 5.79. The summed E-state index contributed by atoms with van der Waals surface area (Å²) in [6.45, 7) is 4.72. The first-order chi connectivity index (χ1) is 8.63. The largest absolute Gasteiger partial charge is 0.343 e. The lowest BCUT2D eigenvalue weighted by Gasteiger charge is -2.26. The van der Waals surface area contributed by atoms with Crippen LogP contribution in [-0.4, -0.2) is 23.9 Å². The number of amides is 1. The summed E-state index contributed by atoms with van der Waals surface area (Å²) in [5, 5.41) is 0. The van der Waals surface area contributed by atoms with Crippen LogP contribution >= 0.6 is 0 Å². The highest BCUT2D eigenvalue weighted by Gasteiger charge is 2.17. The molecule has 0 aliphatic rings. The summed E-state index contributed by atoms with van der Waals surface area (Å²) in [5.74, 6) is 0.171. The van der Waals surface area contributed by atoms with E-state index in [1.807, 2.05) is 36.2 Å². The fraction of sp³-hybridized carbons (Fsp3) is 0.533. The molecule has 0 spiro atoms. The van der Waals surface area contributed by atoms with Crippen LogP contribution in [0.5, 0.6) is 0 Å². The smallest absolute Gasteiger partial charge is 0.226 e.